The van der Waals surface area contributed by atoms with Crippen LogP contribution in [0.1, 0.15) is 25.1 Å². The van der Waals surface area contributed by atoms with Gasteiger partial charge >= 0.3 is 5.69 Å². The van der Waals surface area contributed by atoms with Crippen molar-refractivity contribution in [3.05, 3.63) is 43.0 Å². The molecule has 2 rings (SSSR count). The Morgan fingerprint density at radius 3 is 2.95 bits per heavy atom. The molecule has 0 amide bonds. The molecule has 108 valence electrons. The summed E-state index contributed by atoms with van der Waals surface area (Å²) in [5.74, 6) is 0. The normalized spacial score (nSPS) is 29.8. The van der Waals surface area contributed by atoms with Crippen LogP contribution in [-0.2, 0) is 4.74 Å². The molecule has 1 aromatic rings. The Bertz CT molecular complexity index is 660. The average Bonchev–Trinajstić information content (AvgIpc) is 2.39. The molecule has 0 spiro atoms. The standard InChI is InChI=1S/C11H15N5O4/c1-5-4-16(11(19)13-10(5)18)8-3-7(14-15-12)9(17)6(2)20-8/h4,6-9,17H,3H2,1-2H3,(H,13,18,19)/t6-,7+,8-,9-/m0/s1. The van der Waals surface area contributed by atoms with Gasteiger partial charge < -0.3 is 9.84 Å². The van der Waals surface area contributed by atoms with Gasteiger partial charge in [0.15, 0.2) is 0 Å². The monoisotopic (exact) mass is 281 g/mol. The molecule has 9 heteroatoms. The quantitative estimate of drug-likeness (QED) is 0.454. The number of hydrogen-bond donors (Lipinski definition) is 2. The Labute approximate surface area is 113 Å². The molecule has 1 fully saturated rings. The molecule has 0 saturated carbocycles. The number of azide groups is 1. The van der Waals surface area contributed by atoms with Gasteiger partial charge in [-0.2, -0.15) is 0 Å². The fourth-order valence-corrected chi connectivity index (χ4v) is 2.20. The number of hydrogen-bond acceptors (Lipinski definition) is 5. The van der Waals surface area contributed by atoms with Crippen molar-refractivity contribution >= 4 is 0 Å². The first kappa shape index (κ1) is 14.3. The van der Waals surface area contributed by atoms with E-state index < -0.39 is 35.7 Å². The molecule has 4 atom stereocenters. The van der Waals surface area contributed by atoms with Crippen LogP contribution >= 0.6 is 0 Å². The van der Waals surface area contributed by atoms with E-state index in [0.717, 1.165) is 0 Å². The summed E-state index contributed by atoms with van der Waals surface area (Å²) in [6, 6.07) is -0.687. The van der Waals surface area contributed by atoms with Crippen LogP contribution < -0.4 is 11.2 Å². The van der Waals surface area contributed by atoms with Crippen LogP contribution in [0.5, 0.6) is 0 Å². The van der Waals surface area contributed by atoms with Gasteiger partial charge in [-0.05, 0) is 19.4 Å². The summed E-state index contributed by atoms with van der Waals surface area (Å²) in [6.45, 7) is 3.20. The van der Waals surface area contributed by atoms with Gasteiger partial charge in [-0.1, -0.05) is 5.11 Å². The van der Waals surface area contributed by atoms with Crippen LogP contribution in [0.2, 0.25) is 0 Å². The van der Waals surface area contributed by atoms with E-state index in [1.165, 1.54) is 10.8 Å². The molecule has 1 saturated heterocycles. The second kappa shape index (κ2) is 5.49. The van der Waals surface area contributed by atoms with Gasteiger partial charge in [0.2, 0.25) is 0 Å². The Kier molecular flexibility index (Phi) is 3.93. The molecule has 9 nitrogen and oxygen atoms in total. The number of ether oxygens (including phenoxy) is 1. The van der Waals surface area contributed by atoms with Gasteiger partial charge in [0.25, 0.3) is 5.56 Å². The zero-order valence-corrected chi connectivity index (χ0v) is 11.1. The average molecular weight is 281 g/mol. The third kappa shape index (κ3) is 2.60. The van der Waals surface area contributed by atoms with E-state index >= 15 is 0 Å². The van der Waals surface area contributed by atoms with Gasteiger partial charge in [0.05, 0.1) is 18.2 Å². The Morgan fingerprint density at radius 2 is 2.30 bits per heavy atom. The van der Waals surface area contributed by atoms with Crippen LogP contribution in [0.3, 0.4) is 0 Å². The minimum absolute atomic E-state index is 0.154. The lowest BCUT2D eigenvalue weighted by molar-refractivity contribution is -0.147. The highest BCUT2D eigenvalue weighted by Crippen LogP contribution is 2.28. The minimum atomic E-state index is -0.929. The summed E-state index contributed by atoms with van der Waals surface area (Å²) in [4.78, 5) is 28.0. The second-order valence-corrected chi connectivity index (χ2v) is 4.77. The van der Waals surface area contributed by atoms with Crippen LogP contribution in [0.4, 0.5) is 0 Å². The van der Waals surface area contributed by atoms with Crippen molar-refractivity contribution in [1.82, 2.24) is 9.55 Å². The highest BCUT2D eigenvalue weighted by molar-refractivity contribution is 5.02. The van der Waals surface area contributed by atoms with Crippen LogP contribution in [0.25, 0.3) is 10.4 Å². The third-order valence-electron chi connectivity index (χ3n) is 3.35. The van der Waals surface area contributed by atoms with Crippen molar-refractivity contribution in [2.45, 2.75) is 44.7 Å². The number of aryl methyl sites for hydroxylation is 1. The molecule has 1 aliphatic rings. The molecule has 20 heavy (non-hydrogen) atoms. The first-order valence-electron chi connectivity index (χ1n) is 6.14. The number of aliphatic hydroxyl groups is 1. The molecular formula is C11H15N5O4. The lowest BCUT2D eigenvalue weighted by Crippen LogP contribution is -2.47. The lowest BCUT2D eigenvalue weighted by atomic mass is 9.99. The Hall–Kier alpha value is -2.09. The highest BCUT2D eigenvalue weighted by atomic mass is 16.5. The number of rotatable bonds is 2. The number of aromatic amines is 1. The maximum atomic E-state index is 11.8. The van der Waals surface area contributed by atoms with Gasteiger partial charge in [0, 0.05) is 23.1 Å². The van der Waals surface area contributed by atoms with E-state index in [2.05, 4.69) is 15.0 Å². The molecular weight excluding hydrogens is 266 g/mol. The second-order valence-electron chi connectivity index (χ2n) is 4.77. The zero-order chi connectivity index (χ0) is 14.9. The van der Waals surface area contributed by atoms with Crippen molar-refractivity contribution in [3.63, 3.8) is 0 Å². The minimum Gasteiger partial charge on any atom is -0.390 e. The van der Waals surface area contributed by atoms with Crippen molar-refractivity contribution in [1.29, 1.82) is 0 Å². The van der Waals surface area contributed by atoms with Crippen molar-refractivity contribution in [2.75, 3.05) is 0 Å². The number of aliphatic hydroxyl groups excluding tert-OH is 1. The number of nitrogens with one attached hydrogen (secondary N) is 1. The summed E-state index contributed by atoms with van der Waals surface area (Å²) >= 11 is 0. The Balaban J connectivity index is 2.38. The van der Waals surface area contributed by atoms with Gasteiger partial charge in [-0.3, -0.25) is 14.3 Å². The molecule has 0 bridgehead atoms. The molecule has 0 radical (unpaired) electrons. The zero-order valence-electron chi connectivity index (χ0n) is 11.1. The fraction of sp³-hybridized carbons (Fsp3) is 0.636. The largest absolute Gasteiger partial charge is 0.390 e. The van der Waals surface area contributed by atoms with Crippen molar-refractivity contribution in [3.8, 4) is 0 Å². The summed E-state index contributed by atoms with van der Waals surface area (Å²) in [7, 11) is 0. The SMILES string of the molecule is Cc1cn([C@@H]2C[C@@H](N=[N+]=[N-])[C@@H](O)[C@H](C)O2)c(=O)[nH]c1=O. The van der Waals surface area contributed by atoms with Gasteiger partial charge in [0.1, 0.15) is 6.23 Å². The molecule has 1 aliphatic heterocycles. The maximum Gasteiger partial charge on any atom is 0.330 e. The third-order valence-corrected chi connectivity index (χ3v) is 3.35. The molecule has 0 aromatic carbocycles. The van der Waals surface area contributed by atoms with E-state index in [1.807, 2.05) is 0 Å². The predicted octanol–water partition coefficient (Wildman–Crippen LogP) is 0.192. The van der Waals surface area contributed by atoms with Crippen LogP contribution in [-0.4, -0.2) is 32.9 Å². The topological polar surface area (TPSA) is 133 Å². The van der Waals surface area contributed by atoms with E-state index in [4.69, 9.17) is 10.3 Å². The van der Waals surface area contributed by atoms with E-state index in [0.29, 0.717) is 5.56 Å². The smallest absolute Gasteiger partial charge is 0.330 e. The van der Waals surface area contributed by atoms with Crippen molar-refractivity contribution < 1.29 is 9.84 Å². The number of H-pyrrole nitrogens is 1. The molecule has 2 N–H and O–H groups in total. The van der Waals surface area contributed by atoms with Crippen LogP contribution in [0, 0.1) is 6.92 Å². The molecule has 2 heterocycles. The predicted molar refractivity (Wildman–Crippen MR) is 69.2 cm³/mol. The molecule has 0 unspecified atom stereocenters. The highest BCUT2D eigenvalue weighted by Gasteiger charge is 2.35. The Morgan fingerprint density at radius 1 is 1.60 bits per heavy atom. The van der Waals surface area contributed by atoms with Gasteiger partial charge in [-0.25, -0.2) is 4.79 Å². The van der Waals surface area contributed by atoms with Gasteiger partial charge in [-0.15, -0.1) is 0 Å². The van der Waals surface area contributed by atoms with Crippen molar-refractivity contribution in [2.24, 2.45) is 5.11 Å². The number of aromatic nitrogens is 2. The maximum absolute atomic E-state index is 11.8. The molecule has 1 aromatic heterocycles. The first-order chi connectivity index (χ1) is 9.43. The fourth-order valence-electron chi connectivity index (χ4n) is 2.20. The summed E-state index contributed by atoms with van der Waals surface area (Å²) in [5.41, 5.74) is 7.81. The summed E-state index contributed by atoms with van der Waals surface area (Å²) < 4.78 is 6.78. The summed E-state index contributed by atoms with van der Waals surface area (Å²) in [6.07, 6.45) is -0.679. The number of nitrogens with zero attached hydrogens (tertiary/aromatic N) is 4. The summed E-state index contributed by atoms with van der Waals surface area (Å²) in [5, 5.41) is 13.4. The lowest BCUT2D eigenvalue weighted by Gasteiger charge is -2.36. The van der Waals surface area contributed by atoms with E-state index in [-0.39, 0.29) is 6.42 Å². The first-order valence-corrected chi connectivity index (χ1v) is 6.14. The van der Waals surface area contributed by atoms with E-state index in [9.17, 15) is 14.7 Å². The molecule has 0 aliphatic carbocycles. The van der Waals surface area contributed by atoms with Crippen LogP contribution in [0.15, 0.2) is 20.9 Å². The van der Waals surface area contributed by atoms with E-state index in [1.54, 1.807) is 13.8 Å².